The Kier molecular flexibility index (Phi) is 25.2. The van der Waals surface area contributed by atoms with Gasteiger partial charge in [-0.15, -0.1) is 0 Å². The van der Waals surface area contributed by atoms with Gasteiger partial charge in [-0.2, -0.15) is 0 Å². The maximum absolute atomic E-state index is 9.84. The highest BCUT2D eigenvalue weighted by molar-refractivity contribution is 5.72. The first-order valence-corrected chi connectivity index (χ1v) is 7.63. The van der Waals surface area contributed by atoms with Crippen molar-refractivity contribution in [3.05, 3.63) is 0 Å². The summed E-state index contributed by atoms with van der Waals surface area (Å²) in [4.78, 5) is 38.2. The van der Waals surface area contributed by atoms with Crippen molar-refractivity contribution in [3.63, 3.8) is 0 Å². The monoisotopic (exact) mass is 386 g/mol. The summed E-state index contributed by atoms with van der Waals surface area (Å²) in [7, 11) is 0. The van der Waals surface area contributed by atoms with Gasteiger partial charge in [-0.1, -0.05) is 20.3 Å². The van der Waals surface area contributed by atoms with E-state index in [1.807, 2.05) is 6.92 Å². The molecule has 0 aliphatic heterocycles. The maximum atomic E-state index is 9.84. The third-order valence-electron chi connectivity index (χ3n) is 1.99. The Morgan fingerprint density at radius 1 is 0.808 bits per heavy atom. The number of carbonyl (C=O) groups is 4. The van der Waals surface area contributed by atoms with Crippen molar-refractivity contribution in [1.29, 1.82) is 0 Å². The zero-order valence-electron chi connectivity index (χ0n) is 15.3. The van der Waals surface area contributed by atoms with Gasteiger partial charge in [-0.25, -0.2) is 9.59 Å². The van der Waals surface area contributed by atoms with Crippen LogP contribution < -0.4 is 0 Å². The quantitative estimate of drug-likeness (QED) is 0.309. The first kappa shape index (κ1) is 31.5. The maximum Gasteiger partial charge on any atom is 0.332 e. The summed E-state index contributed by atoms with van der Waals surface area (Å²) in [6, 6.07) is 0. The molecule has 0 fully saturated rings. The number of aliphatic hydroxyl groups excluding tert-OH is 3. The third kappa shape index (κ3) is 43.0. The van der Waals surface area contributed by atoms with E-state index in [4.69, 9.17) is 40.5 Å². The molecular weight excluding hydrogens is 356 g/mol. The fourth-order valence-corrected chi connectivity index (χ4v) is 0.824. The van der Waals surface area contributed by atoms with Crippen molar-refractivity contribution >= 4 is 23.9 Å². The fourth-order valence-electron chi connectivity index (χ4n) is 0.824. The Bertz CT molecular complexity index is 389. The predicted octanol–water partition coefficient (Wildman–Crippen LogP) is 0.00670. The van der Waals surface area contributed by atoms with Crippen LogP contribution in [0.25, 0.3) is 0 Å². The minimum absolute atomic E-state index is 0.167. The Hall–Kier alpha value is -2.24. The molecule has 3 unspecified atom stereocenters. The van der Waals surface area contributed by atoms with Crippen molar-refractivity contribution in [1.82, 2.24) is 0 Å². The van der Waals surface area contributed by atoms with Crippen LogP contribution in [0, 0.1) is 0 Å². The van der Waals surface area contributed by atoms with Crippen LogP contribution in [-0.4, -0.2) is 77.9 Å². The van der Waals surface area contributed by atoms with E-state index < -0.39 is 42.2 Å². The van der Waals surface area contributed by atoms with E-state index in [1.54, 1.807) is 6.92 Å². The second-order valence-electron chi connectivity index (χ2n) is 4.87. The zero-order chi connectivity index (χ0) is 21.9. The molecule has 0 saturated heterocycles. The van der Waals surface area contributed by atoms with Crippen molar-refractivity contribution in [2.45, 2.75) is 71.7 Å². The van der Waals surface area contributed by atoms with E-state index in [9.17, 15) is 14.4 Å². The molecule has 7 N–H and O–H groups in total. The van der Waals surface area contributed by atoms with Gasteiger partial charge in [-0.05, 0) is 19.8 Å². The third-order valence-corrected chi connectivity index (χ3v) is 1.99. The lowest BCUT2D eigenvalue weighted by Crippen LogP contribution is -2.18. The number of carboxylic acid groups (broad SMARTS) is 4. The van der Waals surface area contributed by atoms with Crippen molar-refractivity contribution < 1.29 is 54.9 Å². The lowest BCUT2D eigenvalue weighted by molar-refractivity contribution is -0.147. The molecule has 0 aromatic rings. The summed E-state index contributed by atoms with van der Waals surface area (Å²) in [5.41, 5.74) is 0. The van der Waals surface area contributed by atoms with Gasteiger partial charge in [0.15, 0.2) is 12.2 Å². The standard InChI is InChI=1S/C5H10O3.2C4H8O3.C2H4O2/c1-2-3-4(6)5(7)8;1-3(5)2-4(6)7;1-2-3(5)4(6)7;1-2(3)4/h4,6H,2-3H2,1H3,(H,7,8);2*3,5H,2H2,1H3,(H,6,7);1H3,(H,3,4). The van der Waals surface area contributed by atoms with E-state index in [2.05, 4.69) is 0 Å². The Morgan fingerprint density at radius 3 is 1.19 bits per heavy atom. The van der Waals surface area contributed by atoms with Gasteiger partial charge >= 0.3 is 17.9 Å². The largest absolute Gasteiger partial charge is 0.481 e. The van der Waals surface area contributed by atoms with E-state index >= 15 is 0 Å². The average molecular weight is 386 g/mol. The van der Waals surface area contributed by atoms with Crippen LogP contribution in [0.4, 0.5) is 0 Å². The molecule has 0 amide bonds. The molecule has 0 spiro atoms. The molecular formula is C15H30O11. The number of rotatable bonds is 7. The second-order valence-corrected chi connectivity index (χ2v) is 4.87. The SMILES string of the molecule is CC(=O)O.CC(O)CC(=O)O.CCC(O)C(=O)O.CCCC(O)C(=O)O. The smallest absolute Gasteiger partial charge is 0.332 e. The number of hydrogen-bond acceptors (Lipinski definition) is 7. The topological polar surface area (TPSA) is 210 Å². The highest BCUT2D eigenvalue weighted by Gasteiger charge is 2.09. The Balaban J connectivity index is -0.000000127. The molecule has 3 atom stereocenters. The Morgan fingerprint density at radius 2 is 1.15 bits per heavy atom. The molecule has 0 aromatic carbocycles. The molecule has 0 heterocycles. The minimum Gasteiger partial charge on any atom is -0.481 e. The van der Waals surface area contributed by atoms with Gasteiger partial charge in [0.25, 0.3) is 5.97 Å². The van der Waals surface area contributed by atoms with Crippen LogP contribution >= 0.6 is 0 Å². The fraction of sp³-hybridized carbons (Fsp3) is 0.733. The highest BCUT2D eigenvalue weighted by Crippen LogP contribution is 1.94. The molecule has 0 saturated carbocycles. The minimum atomic E-state index is -1.18. The van der Waals surface area contributed by atoms with Crippen LogP contribution in [-0.2, 0) is 19.2 Å². The lowest BCUT2D eigenvalue weighted by Gasteiger charge is -1.99. The molecule has 0 radical (unpaired) electrons. The molecule has 0 rings (SSSR count). The van der Waals surface area contributed by atoms with Gasteiger partial charge < -0.3 is 35.7 Å². The average Bonchev–Trinajstić information content (AvgIpc) is 2.45. The molecule has 0 aliphatic carbocycles. The van der Waals surface area contributed by atoms with Crippen LogP contribution in [0.15, 0.2) is 0 Å². The van der Waals surface area contributed by atoms with Crippen LogP contribution in [0.2, 0.25) is 0 Å². The van der Waals surface area contributed by atoms with Gasteiger partial charge in [0.1, 0.15) is 0 Å². The number of hydrogen-bond donors (Lipinski definition) is 7. The number of aliphatic hydroxyl groups is 3. The van der Waals surface area contributed by atoms with Crippen molar-refractivity contribution in [2.24, 2.45) is 0 Å². The molecule has 0 aromatic heterocycles. The second kappa shape index (κ2) is 20.8. The first-order valence-electron chi connectivity index (χ1n) is 7.63. The molecule has 11 nitrogen and oxygen atoms in total. The van der Waals surface area contributed by atoms with Gasteiger partial charge in [0.05, 0.1) is 12.5 Å². The van der Waals surface area contributed by atoms with Gasteiger partial charge in [0.2, 0.25) is 0 Å². The van der Waals surface area contributed by atoms with Crippen LogP contribution in [0.5, 0.6) is 0 Å². The van der Waals surface area contributed by atoms with Crippen LogP contribution in [0.1, 0.15) is 53.4 Å². The Labute approximate surface area is 151 Å². The van der Waals surface area contributed by atoms with E-state index in [-0.39, 0.29) is 12.8 Å². The molecule has 26 heavy (non-hydrogen) atoms. The lowest BCUT2D eigenvalue weighted by atomic mass is 10.2. The predicted molar refractivity (Wildman–Crippen MR) is 89.7 cm³/mol. The highest BCUT2D eigenvalue weighted by atomic mass is 16.4. The van der Waals surface area contributed by atoms with E-state index in [0.717, 1.165) is 6.92 Å². The molecule has 0 bridgehead atoms. The van der Waals surface area contributed by atoms with Crippen molar-refractivity contribution in [3.8, 4) is 0 Å². The molecule has 156 valence electrons. The van der Waals surface area contributed by atoms with E-state index in [1.165, 1.54) is 6.92 Å². The number of carboxylic acids is 4. The van der Waals surface area contributed by atoms with E-state index in [0.29, 0.717) is 12.8 Å². The zero-order valence-corrected chi connectivity index (χ0v) is 15.3. The van der Waals surface area contributed by atoms with Crippen LogP contribution in [0.3, 0.4) is 0 Å². The first-order chi connectivity index (χ1) is 11.7. The summed E-state index contributed by atoms with van der Waals surface area (Å²) < 4.78 is 0. The number of aliphatic carboxylic acids is 4. The summed E-state index contributed by atoms with van der Waals surface area (Å²) in [6.07, 6.45) is -1.92. The summed E-state index contributed by atoms with van der Waals surface area (Å²) in [5.74, 6) is -4.08. The molecule has 0 aliphatic rings. The molecule has 11 heteroatoms. The van der Waals surface area contributed by atoms with Crippen molar-refractivity contribution in [2.75, 3.05) is 0 Å². The summed E-state index contributed by atoms with van der Waals surface area (Å²) in [6.45, 7) is 5.96. The summed E-state index contributed by atoms with van der Waals surface area (Å²) >= 11 is 0. The summed E-state index contributed by atoms with van der Waals surface area (Å²) in [5, 5.41) is 56.5. The van der Waals surface area contributed by atoms with Gasteiger partial charge in [0, 0.05) is 6.92 Å². The van der Waals surface area contributed by atoms with Gasteiger partial charge in [-0.3, -0.25) is 9.59 Å². The normalized spacial score (nSPS) is 12.3.